The average Bonchev–Trinajstić information content (AvgIpc) is 3.18. The largest absolute Gasteiger partial charge is 0.511 e. The molecule has 1 heterocycles. The van der Waals surface area contributed by atoms with Crippen LogP contribution in [0.5, 0.6) is 5.75 Å². The number of carboxylic acid groups (broad SMARTS) is 1. The van der Waals surface area contributed by atoms with Gasteiger partial charge < -0.3 is 20.0 Å². The van der Waals surface area contributed by atoms with Gasteiger partial charge in [0.2, 0.25) is 0 Å². The molecule has 0 amide bonds. The molecule has 1 atom stereocenters. The fourth-order valence-electron chi connectivity index (χ4n) is 3.03. The standard InChI is InChI=1S/C22H23ClN2O4S/c1-2-11-25(24-14-19(26)16-4-3-5-17(23)13-16)18-8-6-15(7-9-18)21-20(10-12-30-21)29-22(27)28/h3-10,12-13,19,24,26H,2,11,14H2,1H3,(H,27,28)/t19-/m0/s1. The second-order valence-corrected chi connectivity index (χ2v) is 7.97. The van der Waals surface area contributed by atoms with Crippen LogP contribution in [0.2, 0.25) is 5.02 Å². The Labute approximate surface area is 184 Å². The maximum Gasteiger partial charge on any atom is 0.511 e. The van der Waals surface area contributed by atoms with Crippen LogP contribution in [-0.2, 0) is 0 Å². The van der Waals surface area contributed by atoms with Crippen LogP contribution in [0.25, 0.3) is 10.4 Å². The van der Waals surface area contributed by atoms with Crippen LogP contribution in [0.4, 0.5) is 10.5 Å². The van der Waals surface area contributed by atoms with E-state index in [9.17, 15) is 9.90 Å². The topological polar surface area (TPSA) is 82.0 Å². The molecule has 0 spiro atoms. The van der Waals surface area contributed by atoms with Crippen LogP contribution in [0.3, 0.4) is 0 Å². The molecule has 0 aliphatic carbocycles. The van der Waals surface area contributed by atoms with E-state index in [1.807, 2.05) is 41.4 Å². The van der Waals surface area contributed by atoms with Crippen molar-refractivity contribution in [2.45, 2.75) is 19.4 Å². The highest BCUT2D eigenvalue weighted by Gasteiger charge is 2.14. The highest BCUT2D eigenvalue weighted by atomic mass is 35.5. The molecule has 6 nitrogen and oxygen atoms in total. The molecular formula is C22H23ClN2O4S. The number of rotatable bonds is 9. The van der Waals surface area contributed by atoms with Crippen molar-refractivity contribution < 1.29 is 19.7 Å². The Morgan fingerprint density at radius 3 is 2.67 bits per heavy atom. The zero-order chi connectivity index (χ0) is 21.5. The zero-order valence-corrected chi connectivity index (χ0v) is 18.0. The van der Waals surface area contributed by atoms with Crippen molar-refractivity contribution in [3.8, 4) is 16.2 Å². The summed E-state index contributed by atoms with van der Waals surface area (Å²) in [6.07, 6.45) is -1.10. The summed E-state index contributed by atoms with van der Waals surface area (Å²) in [5.74, 6) is 0.327. The van der Waals surface area contributed by atoms with Gasteiger partial charge in [-0.1, -0.05) is 42.8 Å². The average molecular weight is 447 g/mol. The molecule has 0 unspecified atom stereocenters. The number of nitrogens with zero attached hydrogens (tertiary/aromatic N) is 1. The lowest BCUT2D eigenvalue weighted by molar-refractivity contribution is 0.145. The van der Waals surface area contributed by atoms with Crippen LogP contribution in [-0.4, -0.2) is 29.5 Å². The van der Waals surface area contributed by atoms with Gasteiger partial charge in [-0.25, -0.2) is 10.2 Å². The number of anilines is 1. The Bertz CT molecular complexity index is 977. The zero-order valence-electron chi connectivity index (χ0n) is 16.4. The van der Waals surface area contributed by atoms with Crippen molar-refractivity contribution in [1.82, 2.24) is 5.43 Å². The van der Waals surface area contributed by atoms with Crippen molar-refractivity contribution in [3.63, 3.8) is 0 Å². The summed E-state index contributed by atoms with van der Waals surface area (Å²) < 4.78 is 4.84. The number of hydrogen-bond donors (Lipinski definition) is 3. The molecule has 3 aromatic rings. The summed E-state index contributed by atoms with van der Waals surface area (Å²) in [6, 6.07) is 16.6. The number of hydrogen-bond acceptors (Lipinski definition) is 6. The Hall–Kier alpha value is -2.58. The minimum atomic E-state index is -1.33. The first-order chi connectivity index (χ1) is 14.5. The van der Waals surface area contributed by atoms with E-state index in [0.29, 0.717) is 17.3 Å². The fourth-order valence-corrected chi connectivity index (χ4v) is 4.05. The van der Waals surface area contributed by atoms with E-state index < -0.39 is 12.3 Å². The molecule has 0 bridgehead atoms. The molecule has 0 saturated heterocycles. The molecule has 30 heavy (non-hydrogen) atoms. The monoisotopic (exact) mass is 446 g/mol. The van der Waals surface area contributed by atoms with Crippen molar-refractivity contribution in [2.75, 3.05) is 18.1 Å². The maximum atomic E-state index is 10.9. The van der Waals surface area contributed by atoms with E-state index in [0.717, 1.165) is 34.7 Å². The number of hydrazine groups is 1. The third-order valence-electron chi connectivity index (χ3n) is 4.42. The normalized spacial score (nSPS) is 11.8. The Balaban J connectivity index is 1.70. The van der Waals surface area contributed by atoms with Gasteiger partial charge in [-0.3, -0.25) is 0 Å². The van der Waals surface area contributed by atoms with Gasteiger partial charge in [0.15, 0.2) is 5.75 Å². The smallest absolute Gasteiger partial charge is 0.449 e. The van der Waals surface area contributed by atoms with Crippen molar-refractivity contribution >= 4 is 34.8 Å². The lowest BCUT2D eigenvalue weighted by Crippen LogP contribution is -2.41. The summed E-state index contributed by atoms with van der Waals surface area (Å²) in [4.78, 5) is 11.6. The second kappa shape index (κ2) is 10.4. The van der Waals surface area contributed by atoms with Crippen LogP contribution in [0.15, 0.2) is 60.0 Å². The van der Waals surface area contributed by atoms with Gasteiger partial charge in [0.25, 0.3) is 0 Å². The SMILES string of the molecule is CCCN(NC[C@H](O)c1cccc(Cl)c1)c1ccc(-c2sccc2OC(=O)O)cc1. The van der Waals surface area contributed by atoms with Crippen LogP contribution in [0, 0.1) is 0 Å². The molecule has 2 aromatic carbocycles. The number of thiophene rings is 1. The van der Waals surface area contributed by atoms with Gasteiger partial charge in [0.1, 0.15) is 0 Å². The maximum absolute atomic E-state index is 10.9. The first-order valence-corrected chi connectivity index (χ1v) is 10.8. The number of nitrogens with one attached hydrogen (secondary N) is 1. The lowest BCUT2D eigenvalue weighted by Gasteiger charge is -2.27. The first-order valence-electron chi connectivity index (χ1n) is 9.51. The first kappa shape index (κ1) is 22.1. The van der Waals surface area contributed by atoms with Crippen LogP contribution in [0.1, 0.15) is 25.0 Å². The van der Waals surface area contributed by atoms with Gasteiger partial charge in [-0.15, -0.1) is 11.3 Å². The van der Waals surface area contributed by atoms with Gasteiger partial charge in [0, 0.05) is 18.1 Å². The minimum absolute atomic E-state index is 0.327. The summed E-state index contributed by atoms with van der Waals surface area (Å²) in [5, 5.41) is 23.7. The number of carbonyl (C=O) groups is 1. The number of benzene rings is 2. The third kappa shape index (κ3) is 5.73. The van der Waals surface area contributed by atoms with E-state index in [-0.39, 0.29) is 0 Å². The molecule has 0 fully saturated rings. The summed E-state index contributed by atoms with van der Waals surface area (Å²) >= 11 is 7.43. The Morgan fingerprint density at radius 1 is 1.23 bits per heavy atom. The molecule has 158 valence electrons. The highest BCUT2D eigenvalue weighted by Crippen LogP contribution is 2.36. The fraction of sp³-hybridized carbons (Fsp3) is 0.227. The number of ether oxygens (including phenoxy) is 1. The highest BCUT2D eigenvalue weighted by molar-refractivity contribution is 7.14. The van der Waals surface area contributed by atoms with E-state index in [4.69, 9.17) is 21.4 Å². The van der Waals surface area contributed by atoms with E-state index in [2.05, 4.69) is 12.3 Å². The summed E-state index contributed by atoms with van der Waals surface area (Å²) in [6.45, 7) is 3.18. The van der Waals surface area contributed by atoms with E-state index >= 15 is 0 Å². The Morgan fingerprint density at radius 2 is 2.00 bits per heavy atom. The van der Waals surface area contributed by atoms with Crippen LogP contribution < -0.4 is 15.2 Å². The van der Waals surface area contributed by atoms with Crippen molar-refractivity contribution in [3.05, 3.63) is 70.6 Å². The molecule has 1 aromatic heterocycles. The van der Waals surface area contributed by atoms with Gasteiger partial charge in [-0.05, 0) is 53.3 Å². The molecule has 3 rings (SSSR count). The molecule has 0 saturated carbocycles. The molecule has 0 aliphatic rings. The lowest BCUT2D eigenvalue weighted by atomic mass is 10.1. The van der Waals surface area contributed by atoms with Gasteiger partial charge in [-0.2, -0.15) is 0 Å². The van der Waals surface area contributed by atoms with Crippen LogP contribution >= 0.6 is 22.9 Å². The predicted octanol–water partition coefficient (Wildman–Crippen LogP) is 5.58. The van der Waals surface area contributed by atoms with E-state index in [1.165, 1.54) is 11.3 Å². The molecule has 3 N–H and O–H groups in total. The quantitative estimate of drug-likeness (QED) is 0.294. The molecule has 8 heteroatoms. The molecule has 0 aliphatic heterocycles. The Kier molecular flexibility index (Phi) is 7.70. The number of aliphatic hydroxyl groups excluding tert-OH is 1. The number of halogens is 1. The minimum Gasteiger partial charge on any atom is -0.449 e. The number of aliphatic hydroxyl groups is 1. The summed E-state index contributed by atoms with van der Waals surface area (Å²) in [5.41, 5.74) is 5.86. The molecule has 0 radical (unpaired) electrons. The summed E-state index contributed by atoms with van der Waals surface area (Å²) in [7, 11) is 0. The van der Waals surface area contributed by atoms with E-state index in [1.54, 1.807) is 23.6 Å². The second-order valence-electron chi connectivity index (χ2n) is 6.61. The van der Waals surface area contributed by atoms with Crippen molar-refractivity contribution in [1.29, 1.82) is 0 Å². The third-order valence-corrected chi connectivity index (χ3v) is 5.60. The molecular weight excluding hydrogens is 424 g/mol. The van der Waals surface area contributed by atoms with Crippen molar-refractivity contribution in [2.24, 2.45) is 0 Å². The van der Waals surface area contributed by atoms with Gasteiger partial charge >= 0.3 is 6.16 Å². The predicted molar refractivity (Wildman–Crippen MR) is 120 cm³/mol. The van der Waals surface area contributed by atoms with Gasteiger partial charge in [0.05, 0.1) is 16.7 Å².